The molecule has 1 saturated carbocycles. The fourth-order valence-corrected chi connectivity index (χ4v) is 6.13. The van der Waals surface area contributed by atoms with E-state index < -0.39 is 6.04 Å². The molecule has 4 fully saturated rings. The molecule has 6 rings (SSSR count). The molecule has 3 atom stereocenters. The van der Waals surface area contributed by atoms with E-state index in [4.69, 9.17) is 9.47 Å². The lowest BCUT2D eigenvalue weighted by Gasteiger charge is -2.58. The largest absolute Gasteiger partial charge is 0.489 e. The number of fused-ring (bicyclic) bond motifs is 1. The van der Waals surface area contributed by atoms with E-state index in [2.05, 4.69) is 16.8 Å². The van der Waals surface area contributed by atoms with Gasteiger partial charge in [-0.05, 0) is 55.9 Å². The molecule has 1 aromatic rings. The third kappa shape index (κ3) is 3.33. The molecule has 4 heterocycles. The number of hydrogen-bond acceptors (Lipinski definition) is 5. The summed E-state index contributed by atoms with van der Waals surface area (Å²) in [6, 6.07) is 5.83. The van der Waals surface area contributed by atoms with Gasteiger partial charge in [-0.1, -0.05) is 13.0 Å². The van der Waals surface area contributed by atoms with Crippen LogP contribution in [0.1, 0.15) is 54.4 Å². The summed E-state index contributed by atoms with van der Waals surface area (Å²) in [6.07, 6.45) is 6.22. The lowest BCUT2D eigenvalue weighted by Crippen LogP contribution is -2.70. The first-order chi connectivity index (χ1) is 15.5. The second-order valence-electron chi connectivity index (χ2n) is 10.3. The van der Waals surface area contributed by atoms with Gasteiger partial charge in [-0.2, -0.15) is 0 Å². The minimum Gasteiger partial charge on any atom is -0.489 e. The zero-order chi connectivity index (χ0) is 21.9. The number of carbonyl (C=O) groups is 2. The van der Waals surface area contributed by atoms with Crippen molar-refractivity contribution in [1.29, 1.82) is 0 Å². The van der Waals surface area contributed by atoms with Gasteiger partial charge in [0.15, 0.2) is 0 Å². The van der Waals surface area contributed by atoms with Gasteiger partial charge in [-0.15, -0.1) is 0 Å². The number of hydrogen-bond donors (Lipinski definition) is 1. The first-order valence-electron chi connectivity index (χ1n) is 11.9. The molecule has 1 spiro atoms. The predicted molar refractivity (Wildman–Crippen MR) is 118 cm³/mol. The first-order valence-corrected chi connectivity index (χ1v) is 11.9. The minimum absolute atomic E-state index is 0.0663. The summed E-state index contributed by atoms with van der Waals surface area (Å²) >= 11 is 0. The van der Waals surface area contributed by atoms with Crippen molar-refractivity contribution in [2.24, 2.45) is 5.41 Å². The Morgan fingerprint density at radius 3 is 2.69 bits per heavy atom. The summed E-state index contributed by atoms with van der Waals surface area (Å²) in [6.45, 7) is 8.36. The Balaban J connectivity index is 1.14. The summed E-state index contributed by atoms with van der Waals surface area (Å²) in [5.41, 5.74) is 2.78. The fourth-order valence-electron chi connectivity index (χ4n) is 6.13. The molecule has 0 bridgehead atoms. The highest BCUT2D eigenvalue weighted by molar-refractivity contribution is 6.01. The molecular formula is C25H31N3O4. The maximum Gasteiger partial charge on any atom is 0.255 e. The molecule has 1 aromatic carbocycles. The summed E-state index contributed by atoms with van der Waals surface area (Å²) in [5, 5.41) is 2.80. The summed E-state index contributed by atoms with van der Waals surface area (Å²) in [7, 11) is 0. The second kappa shape index (κ2) is 7.59. The minimum atomic E-state index is -0.429. The van der Waals surface area contributed by atoms with Gasteiger partial charge in [-0.3, -0.25) is 14.5 Å². The first kappa shape index (κ1) is 20.2. The molecule has 4 aliphatic heterocycles. The smallest absolute Gasteiger partial charge is 0.255 e. The van der Waals surface area contributed by atoms with Gasteiger partial charge in [0, 0.05) is 42.4 Å². The van der Waals surface area contributed by atoms with Crippen LogP contribution in [-0.4, -0.2) is 66.1 Å². The number of piperidine rings is 1. The molecule has 32 heavy (non-hydrogen) atoms. The van der Waals surface area contributed by atoms with E-state index in [1.165, 1.54) is 19.3 Å². The van der Waals surface area contributed by atoms with E-state index in [9.17, 15) is 9.59 Å². The average molecular weight is 438 g/mol. The number of allylic oxidation sites excluding steroid dienone is 1. The van der Waals surface area contributed by atoms with Crippen LogP contribution in [0, 0.1) is 5.41 Å². The fraction of sp³-hybridized carbons (Fsp3) is 0.600. The lowest BCUT2D eigenvalue weighted by molar-refractivity contribution is -0.207. The van der Waals surface area contributed by atoms with E-state index in [1.807, 2.05) is 18.2 Å². The maximum absolute atomic E-state index is 13.0. The third-order valence-corrected chi connectivity index (χ3v) is 7.92. The second-order valence-corrected chi connectivity index (χ2v) is 10.3. The molecule has 2 amide bonds. The monoisotopic (exact) mass is 437 g/mol. The van der Waals surface area contributed by atoms with Crippen molar-refractivity contribution >= 4 is 11.8 Å². The Morgan fingerprint density at radius 2 is 1.94 bits per heavy atom. The molecular weight excluding hydrogens is 406 g/mol. The average Bonchev–Trinajstić information content (AvgIpc) is 3.03. The molecule has 0 aromatic heterocycles. The van der Waals surface area contributed by atoms with Crippen LogP contribution in [0.3, 0.4) is 0 Å². The Hall–Kier alpha value is -2.38. The van der Waals surface area contributed by atoms with Gasteiger partial charge in [0.1, 0.15) is 17.9 Å². The van der Waals surface area contributed by atoms with Crippen LogP contribution in [-0.2, 0) is 16.1 Å². The van der Waals surface area contributed by atoms with Crippen LogP contribution in [0.25, 0.3) is 0 Å². The van der Waals surface area contributed by atoms with Crippen molar-refractivity contribution < 1.29 is 19.1 Å². The van der Waals surface area contributed by atoms with Gasteiger partial charge in [0.2, 0.25) is 5.91 Å². The highest BCUT2D eigenvalue weighted by atomic mass is 16.5. The standard InChI is InChI=1S/C25H31N3O4/c1-16-6-9-21(23(29)26-16)28-11-17-10-18(7-8-19(17)24(28)30)32-22-5-3-2-4-20(22)27-12-25(13-27)14-31-15-25/h7-8,10,20-22H,1-6,9,11-15H2,(H,26,29)/t20-,21?,22-/m0/s1. The summed E-state index contributed by atoms with van der Waals surface area (Å²) in [4.78, 5) is 29.7. The van der Waals surface area contributed by atoms with Gasteiger partial charge >= 0.3 is 0 Å². The highest BCUT2D eigenvalue weighted by Gasteiger charge is 2.52. The molecule has 7 heteroatoms. The van der Waals surface area contributed by atoms with E-state index in [0.717, 1.165) is 49.7 Å². The van der Waals surface area contributed by atoms with Crippen molar-refractivity contribution in [3.05, 3.63) is 41.6 Å². The van der Waals surface area contributed by atoms with Crippen LogP contribution in [0.2, 0.25) is 0 Å². The Kier molecular flexibility index (Phi) is 4.80. The quantitative estimate of drug-likeness (QED) is 0.784. The zero-order valence-electron chi connectivity index (χ0n) is 18.5. The van der Waals surface area contributed by atoms with E-state index in [1.54, 1.807) is 4.90 Å². The molecule has 7 nitrogen and oxygen atoms in total. The van der Waals surface area contributed by atoms with Crippen molar-refractivity contribution in [3.63, 3.8) is 0 Å². The van der Waals surface area contributed by atoms with Crippen LogP contribution < -0.4 is 10.1 Å². The van der Waals surface area contributed by atoms with Gasteiger partial charge < -0.3 is 19.7 Å². The van der Waals surface area contributed by atoms with Gasteiger partial charge in [0.25, 0.3) is 5.91 Å². The molecule has 0 radical (unpaired) electrons. The summed E-state index contributed by atoms with van der Waals surface area (Å²) < 4.78 is 12.0. The van der Waals surface area contributed by atoms with Crippen molar-refractivity contribution in [1.82, 2.24) is 15.1 Å². The lowest BCUT2D eigenvalue weighted by atomic mass is 9.75. The number of ether oxygens (including phenoxy) is 2. The number of nitrogens with one attached hydrogen (secondary N) is 1. The normalized spacial score (nSPS) is 31.7. The van der Waals surface area contributed by atoms with E-state index in [0.29, 0.717) is 36.4 Å². The van der Waals surface area contributed by atoms with Crippen LogP contribution in [0.5, 0.6) is 5.75 Å². The predicted octanol–water partition coefficient (Wildman–Crippen LogP) is 2.46. The van der Waals surface area contributed by atoms with Crippen LogP contribution in [0.15, 0.2) is 30.5 Å². The number of amides is 2. The molecule has 1 N–H and O–H groups in total. The van der Waals surface area contributed by atoms with E-state index >= 15 is 0 Å². The number of rotatable bonds is 4. The zero-order valence-corrected chi connectivity index (χ0v) is 18.5. The van der Waals surface area contributed by atoms with Crippen LogP contribution in [0.4, 0.5) is 0 Å². The number of benzene rings is 1. The molecule has 5 aliphatic rings. The summed E-state index contributed by atoms with van der Waals surface area (Å²) in [5.74, 6) is 0.635. The van der Waals surface area contributed by atoms with E-state index in [-0.39, 0.29) is 17.9 Å². The van der Waals surface area contributed by atoms with Crippen LogP contribution >= 0.6 is 0 Å². The molecule has 1 aliphatic carbocycles. The number of carbonyl (C=O) groups excluding carboxylic acids is 2. The Morgan fingerprint density at radius 1 is 1.12 bits per heavy atom. The van der Waals surface area contributed by atoms with Gasteiger partial charge in [-0.25, -0.2) is 0 Å². The highest BCUT2D eigenvalue weighted by Crippen LogP contribution is 2.42. The molecule has 1 unspecified atom stereocenters. The molecule has 3 saturated heterocycles. The topological polar surface area (TPSA) is 71.1 Å². The van der Waals surface area contributed by atoms with Crippen molar-refractivity contribution in [2.45, 2.75) is 63.3 Å². The molecule has 170 valence electrons. The number of likely N-dealkylation sites (tertiary alicyclic amines) is 1. The SMILES string of the molecule is C=C1CCC(N2Cc3cc(O[C@H]4CCCC[C@@H]4N4CC5(COC5)C4)ccc3C2=O)C(=O)N1. The van der Waals surface area contributed by atoms with Gasteiger partial charge in [0.05, 0.1) is 13.2 Å². The third-order valence-electron chi connectivity index (χ3n) is 7.92. The number of nitrogens with zero attached hydrogens (tertiary/aromatic N) is 2. The Bertz CT molecular complexity index is 964. The maximum atomic E-state index is 13.0. The van der Waals surface area contributed by atoms with Crippen molar-refractivity contribution in [2.75, 3.05) is 26.3 Å². The van der Waals surface area contributed by atoms with Crippen molar-refractivity contribution in [3.8, 4) is 5.75 Å². The Labute approximate surface area is 188 Å².